The van der Waals surface area contributed by atoms with Gasteiger partial charge in [-0.1, -0.05) is 4.13 Å². The smallest absolute Gasteiger partial charge is 0.205 e. The van der Waals surface area contributed by atoms with Crippen molar-refractivity contribution in [1.29, 1.82) is 0 Å². The number of rotatable bonds is 8. The molecule has 0 aromatic carbocycles. The maximum Gasteiger partial charge on any atom is 0.460 e. The molecular formula is C8H4F15NO4S2. The summed E-state index contributed by atoms with van der Waals surface area (Å²) in [5, 5.41) is -15.3. The number of nitrogens with one attached hydrogen (secondary N) is 1. The molecule has 0 aromatic heterocycles. The Morgan fingerprint density at radius 3 is 1.00 bits per heavy atom. The Labute approximate surface area is 155 Å². The Balaban J connectivity index is 6.57. The summed E-state index contributed by atoms with van der Waals surface area (Å²) < 4.78 is 233. The summed E-state index contributed by atoms with van der Waals surface area (Å²) in [5.41, 5.74) is 0. The van der Waals surface area contributed by atoms with Gasteiger partial charge >= 0.3 is 40.4 Å². The molecule has 30 heavy (non-hydrogen) atoms. The molecule has 0 rings (SSSR count). The quantitative estimate of drug-likeness (QED) is 0.490. The third-order valence-corrected chi connectivity index (χ3v) is 6.55. The standard InChI is InChI=1S/C8H4F15NO4S2/c1-2(9,10)3(11,12)7(20,21)29(25,26)24-30(27,28)8(22,23)5(15,16)4(13,14)6(17,18)19/h24H,1H3. The van der Waals surface area contributed by atoms with Crippen molar-refractivity contribution < 1.29 is 82.7 Å². The van der Waals surface area contributed by atoms with E-state index in [0.29, 0.717) is 0 Å². The molecule has 0 saturated carbocycles. The maximum atomic E-state index is 13.2. The molecule has 0 aromatic rings. The Kier molecular flexibility index (Phi) is 6.63. The Bertz CT molecular complexity index is 867. The van der Waals surface area contributed by atoms with Crippen molar-refractivity contribution in [2.45, 2.75) is 47.3 Å². The second kappa shape index (κ2) is 6.90. The van der Waals surface area contributed by atoms with Crippen molar-refractivity contribution >= 4 is 20.0 Å². The van der Waals surface area contributed by atoms with Gasteiger partial charge in [-0.3, -0.25) is 0 Å². The average molecular weight is 527 g/mol. The first kappa shape index (κ1) is 28.8. The van der Waals surface area contributed by atoms with E-state index in [9.17, 15) is 82.7 Å². The van der Waals surface area contributed by atoms with Crippen LogP contribution in [0.2, 0.25) is 0 Å². The van der Waals surface area contributed by atoms with E-state index in [2.05, 4.69) is 0 Å². The molecular weight excluding hydrogens is 523 g/mol. The molecule has 0 aliphatic heterocycles. The van der Waals surface area contributed by atoms with Crippen LogP contribution >= 0.6 is 0 Å². The van der Waals surface area contributed by atoms with Gasteiger partial charge in [0, 0.05) is 6.92 Å². The van der Waals surface area contributed by atoms with Crippen LogP contribution in [0.15, 0.2) is 0 Å². The van der Waals surface area contributed by atoms with Crippen molar-refractivity contribution in [3.63, 3.8) is 0 Å². The second-order valence-corrected chi connectivity index (χ2v) is 8.94. The fourth-order valence-corrected chi connectivity index (χ4v) is 4.18. The minimum absolute atomic E-state index is 1.09. The van der Waals surface area contributed by atoms with Crippen LogP contribution < -0.4 is 4.13 Å². The van der Waals surface area contributed by atoms with Crippen LogP contribution in [0.1, 0.15) is 6.92 Å². The first-order chi connectivity index (χ1) is 12.5. The molecule has 0 bridgehead atoms. The lowest BCUT2D eigenvalue weighted by Crippen LogP contribution is -2.67. The van der Waals surface area contributed by atoms with Crippen molar-refractivity contribution in [3.05, 3.63) is 0 Å². The van der Waals surface area contributed by atoms with E-state index in [0.717, 1.165) is 0 Å². The second-order valence-electron chi connectivity index (χ2n) is 5.23. The average Bonchev–Trinajstić information content (AvgIpc) is 2.42. The predicted octanol–water partition coefficient (Wildman–Crippen LogP) is 3.54. The zero-order chi connectivity index (χ0) is 25.2. The maximum absolute atomic E-state index is 13.2. The molecule has 1 N–H and O–H groups in total. The van der Waals surface area contributed by atoms with Gasteiger partial charge < -0.3 is 0 Å². The van der Waals surface area contributed by atoms with Crippen LogP contribution in [0.5, 0.6) is 0 Å². The lowest BCUT2D eigenvalue weighted by molar-refractivity contribution is -0.382. The number of alkyl halides is 15. The summed E-state index contributed by atoms with van der Waals surface area (Å²) in [6.07, 6.45) is -7.63. The zero-order valence-corrected chi connectivity index (χ0v) is 14.8. The minimum atomic E-state index is -8.37. The van der Waals surface area contributed by atoms with Gasteiger partial charge in [0.1, 0.15) is 0 Å². The summed E-state index contributed by atoms with van der Waals surface area (Å²) in [4.78, 5) is 0. The summed E-state index contributed by atoms with van der Waals surface area (Å²) in [6.45, 7) is -1.09. The zero-order valence-electron chi connectivity index (χ0n) is 13.1. The van der Waals surface area contributed by atoms with E-state index < -0.39 is 71.5 Å². The Morgan fingerprint density at radius 2 is 0.767 bits per heavy atom. The monoisotopic (exact) mass is 527 g/mol. The van der Waals surface area contributed by atoms with E-state index in [1.807, 2.05) is 0 Å². The SMILES string of the molecule is CC(F)(F)C(F)(F)C(F)(F)S(=O)(=O)NS(=O)(=O)C(F)(F)C(F)(F)C(F)(F)C(F)(F)F. The summed E-state index contributed by atoms with van der Waals surface area (Å²) in [7, 11) is -16.5. The van der Waals surface area contributed by atoms with Crippen LogP contribution in [-0.4, -0.2) is 57.2 Å². The normalized spacial score (nSPS) is 16.7. The fraction of sp³-hybridized carbons (Fsp3) is 1.00. The molecule has 0 spiro atoms. The molecule has 0 heterocycles. The highest BCUT2D eigenvalue weighted by Crippen LogP contribution is 2.55. The highest BCUT2D eigenvalue weighted by atomic mass is 32.3. The molecule has 0 unspecified atom stereocenters. The lowest BCUT2D eigenvalue weighted by Gasteiger charge is -2.34. The third-order valence-electron chi connectivity index (χ3n) is 2.93. The first-order valence-corrected chi connectivity index (χ1v) is 9.03. The molecule has 22 heteroatoms. The third kappa shape index (κ3) is 3.88. The van der Waals surface area contributed by atoms with E-state index >= 15 is 0 Å². The molecule has 0 aliphatic rings. The molecule has 0 amide bonds. The van der Waals surface area contributed by atoms with Gasteiger partial charge in [-0.2, -0.15) is 65.9 Å². The largest absolute Gasteiger partial charge is 0.460 e. The predicted molar refractivity (Wildman–Crippen MR) is 62.4 cm³/mol. The van der Waals surface area contributed by atoms with Gasteiger partial charge in [-0.05, 0) is 0 Å². The molecule has 0 saturated heterocycles. The molecule has 0 atom stereocenters. The molecule has 5 nitrogen and oxygen atoms in total. The molecule has 0 fully saturated rings. The van der Waals surface area contributed by atoms with E-state index in [1.54, 1.807) is 0 Å². The van der Waals surface area contributed by atoms with Gasteiger partial charge in [-0.15, -0.1) is 0 Å². The molecule has 182 valence electrons. The van der Waals surface area contributed by atoms with Crippen LogP contribution in [-0.2, 0) is 20.0 Å². The van der Waals surface area contributed by atoms with Crippen molar-refractivity contribution in [2.24, 2.45) is 0 Å². The topological polar surface area (TPSA) is 80.3 Å². The van der Waals surface area contributed by atoms with Gasteiger partial charge in [0.15, 0.2) is 0 Å². The Morgan fingerprint density at radius 1 is 0.500 bits per heavy atom. The van der Waals surface area contributed by atoms with Gasteiger partial charge in [0.05, 0.1) is 0 Å². The number of sulfonamides is 2. The van der Waals surface area contributed by atoms with Crippen LogP contribution in [0, 0.1) is 0 Å². The molecule has 0 radical (unpaired) electrons. The lowest BCUT2D eigenvalue weighted by atomic mass is 10.1. The Hall–Kier alpha value is -1.19. The van der Waals surface area contributed by atoms with Gasteiger partial charge in [0.2, 0.25) is 0 Å². The van der Waals surface area contributed by atoms with Gasteiger partial charge in [-0.25, -0.2) is 16.8 Å². The van der Waals surface area contributed by atoms with Crippen LogP contribution in [0.3, 0.4) is 0 Å². The van der Waals surface area contributed by atoms with Crippen molar-refractivity contribution in [1.82, 2.24) is 4.13 Å². The highest BCUT2D eigenvalue weighted by Gasteiger charge is 2.86. The number of halogens is 15. The van der Waals surface area contributed by atoms with E-state index in [4.69, 9.17) is 0 Å². The minimum Gasteiger partial charge on any atom is -0.205 e. The summed E-state index contributed by atoms with van der Waals surface area (Å²) in [6, 6.07) is 0. The summed E-state index contributed by atoms with van der Waals surface area (Å²) >= 11 is 0. The fourth-order valence-electron chi connectivity index (χ4n) is 1.20. The van der Waals surface area contributed by atoms with E-state index in [1.165, 1.54) is 0 Å². The van der Waals surface area contributed by atoms with E-state index in [-0.39, 0.29) is 0 Å². The number of hydrogen-bond acceptors (Lipinski definition) is 4. The van der Waals surface area contributed by atoms with Crippen LogP contribution in [0.4, 0.5) is 65.9 Å². The summed E-state index contributed by atoms with van der Waals surface area (Å²) in [5.74, 6) is -29.3. The molecule has 0 aliphatic carbocycles. The highest BCUT2D eigenvalue weighted by molar-refractivity contribution is 8.05. The van der Waals surface area contributed by atoms with Crippen molar-refractivity contribution in [3.8, 4) is 0 Å². The number of hydrogen-bond donors (Lipinski definition) is 1. The van der Waals surface area contributed by atoms with Crippen molar-refractivity contribution in [2.75, 3.05) is 0 Å². The van der Waals surface area contributed by atoms with Crippen LogP contribution in [0.25, 0.3) is 0 Å². The first-order valence-electron chi connectivity index (χ1n) is 6.07. The van der Waals surface area contributed by atoms with Gasteiger partial charge in [0.25, 0.3) is 20.0 Å².